The molecule has 1 rings (SSSR count). The van der Waals surface area contributed by atoms with Crippen molar-refractivity contribution in [3.63, 3.8) is 0 Å². The summed E-state index contributed by atoms with van der Waals surface area (Å²) in [5.74, 6) is 0.643. The zero-order valence-electron chi connectivity index (χ0n) is 11.3. The molecule has 0 radical (unpaired) electrons. The number of carbonyl (C=O) groups is 1. The number of rotatable bonds is 5. The minimum atomic E-state index is -0.305. The molecule has 17 heavy (non-hydrogen) atoms. The van der Waals surface area contributed by atoms with Crippen LogP contribution in [0.3, 0.4) is 0 Å². The summed E-state index contributed by atoms with van der Waals surface area (Å²) in [6.07, 6.45) is 5.63. The van der Waals surface area contributed by atoms with Gasteiger partial charge in [0, 0.05) is 12.6 Å². The van der Waals surface area contributed by atoms with Crippen LogP contribution >= 0.6 is 12.4 Å². The lowest BCUT2D eigenvalue weighted by atomic mass is 10.0. The normalized spacial score (nSPS) is 17.9. The zero-order valence-corrected chi connectivity index (χ0v) is 12.1. The highest BCUT2D eigenvalue weighted by Crippen LogP contribution is 2.24. The summed E-state index contributed by atoms with van der Waals surface area (Å²) in [5, 5.41) is 0. The first-order valence-electron chi connectivity index (χ1n) is 6.62. The van der Waals surface area contributed by atoms with E-state index in [0.29, 0.717) is 12.0 Å². The second-order valence-electron chi connectivity index (χ2n) is 5.30. The first-order valence-corrected chi connectivity index (χ1v) is 6.62. The standard InChI is InChI=1S/C13H26N2O.ClH/c1-4-15(11-7-5-6-8-11)13(16)12(14)9-10(2)3;/h10-12H,4-9,14H2,1-3H3;1H. The number of nitrogens with zero attached hydrogens (tertiary/aromatic N) is 1. The van der Waals surface area contributed by atoms with Gasteiger partial charge in [0.05, 0.1) is 6.04 Å². The number of carbonyl (C=O) groups excluding carboxylic acids is 1. The SMILES string of the molecule is CCN(C(=O)C(N)CC(C)C)C1CCCC1.Cl. The number of hydrogen-bond acceptors (Lipinski definition) is 2. The Morgan fingerprint density at radius 2 is 1.88 bits per heavy atom. The smallest absolute Gasteiger partial charge is 0.239 e. The molecule has 0 heterocycles. The molecular weight excluding hydrogens is 236 g/mol. The molecule has 0 saturated heterocycles. The fraction of sp³-hybridized carbons (Fsp3) is 0.923. The Hall–Kier alpha value is -0.280. The largest absolute Gasteiger partial charge is 0.339 e. The minimum Gasteiger partial charge on any atom is -0.339 e. The van der Waals surface area contributed by atoms with Crippen LogP contribution in [0.5, 0.6) is 0 Å². The molecule has 0 aromatic carbocycles. The number of hydrogen-bond donors (Lipinski definition) is 1. The predicted octanol–water partition coefficient (Wildman–Crippen LogP) is 2.57. The highest BCUT2D eigenvalue weighted by Gasteiger charge is 2.28. The van der Waals surface area contributed by atoms with Crippen LogP contribution in [-0.2, 0) is 4.79 Å². The van der Waals surface area contributed by atoms with Gasteiger partial charge in [0.15, 0.2) is 0 Å². The molecule has 1 aliphatic rings. The molecule has 0 aliphatic heterocycles. The molecule has 3 nitrogen and oxygen atoms in total. The summed E-state index contributed by atoms with van der Waals surface area (Å²) in [5.41, 5.74) is 5.97. The average Bonchev–Trinajstić information content (AvgIpc) is 2.71. The maximum absolute atomic E-state index is 12.2. The van der Waals surface area contributed by atoms with E-state index in [4.69, 9.17) is 5.73 Å². The van der Waals surface area contributed by atoms with Gasteiger partial charge in [-0.15, -0.1) is 12.4 Å². The molecule has 0 bridgehead atoms. The molecule has 4 heteroatoms. The van der Waals surface area contributed by atoms with Crippen LogP contribution in [-0.4, -0.2) is 29.4 Å². The van der Waals surface area contributed by atoms with Gasteiger partial charge < -0.3 is 10.6 Å². The molecule has 102 valence electrons. The Labute approximate surface area is 112 Å². The fourth-order valence-electron chi connectivity index (χ4n) is 2.63. The van der Waals surface area contributed by atoms with Crippen LogP contribution in [0.4, 0.5) is 0 Å². The van der Waals surface area contributed by atoms with E-state index in [-0.39, 0.29) is 24.4 Å². The summed E-state index contributed by atoms with van der Waals surface area (Å²) in [6, 6.07) is 0.149. The van der Waals surface area contributed by atoms with Crippen LogP contribution in [0, 0.1) is 5.92 Å². The van der Waals surface area contributed by atoms with Gasteiger partial charge in [0.1, 0.15) is 0 Å². The first kappa shape index (κ1) is 16.7. The van der Waals surface area contributed by atoms with E-state index in [2.05, 4.69) is 20.8 Å². The summed E-state index contributed by atoms with van der Waals surface area (Å²) in [4.78, 5) is 14.2. The van der Waals surface area contributed by atoms with Gasteiger partial charge in [-0.2, -0.15) is 0 Å². The molecular formula is C13H27ClN2O. The Morgan fingerprint density at radius 3 is 2.29 bits per heavy atom. The van der Waals surface area contributed by atoms with Crippen molar-refractivity contribution in [2.24, 2.45) is 11.7 Å². The molecule has 0 spiro atoms. The third kappa shape index (κ3) is 4.84. The van der Waals surface area contributed by atoms with Crippen LogP contribution in [0.1, 0.15) is 52.9 Å². The summed E-state index contributed by atoms with van der Waals surface area (Å²) in [7, 11) is 0. The zero-order chi connectivity index (χ0) is 12.1. The molecule has 1 fully saturated rings. The number of likely N-dealkylation sites (N-methyl/N-ethyl adjacent to an activating group) is 1. The maximum atomic E-state index is 12.2. The Balaban J connectivity index is 0.00000256. The highest BCUT2D eigenvalue weighted by molar-refractivity contribution is 5.85. The molecule has 1 atom stereocenters. The van der Waals surface area contributed by atoms with Crippen molar-refractivity contribution in [3.05, 3.63) is 0 Å². The van der Waals surface area contributed by atoms with Crippen molar-refractivity contribution in [1.29, 1.82) is 0 Å². The van der Waals surface area contributed by atoms with Crippen molar-refractivity contribution < 1.29 is 4.79 Å². The Morgan fingerprint density at radius 1 is 1.35 bits per heavy atom. The van der Waals surface area contributed by atoms with Crippen LogP contribution < -0.4 is 5.73 Å². The van der Waals surface area contributed by atoms with E-state index in [9.17, 15) is 4.79 Å². The number of halogens is 1. The molecule has 0 aromatic rings. The first-order chi connectivity index (χ1) is 7.56. The van der Waals surface area contributed by atoms with E-state index in [1.54, 1.807) is 0 Å². The van der Waals surface area contributed by atoms with Crippen molar-refractivity contribution in [2.45, 2.75) is 65.0 Å². The van der Waals surface area contributed by atoms with E-state index in [0.717, 1.165) is 25.8 Å². The monoisotopic (exact) mass is 262 g/mol. The lowest BCUT2D eigenvalue weighted by Gasteiger charge is -2.30. The Bertz CT molecular complexity index is 227. The van der Waals surface area contributed by atoms with E-state index in [1.165, 1.54) is 12.8 Å². The quantitative estimate of drug-likeness (QED) is 0.828. The van der Waals surface area contributed by atoms with Crippen molar-refractivity contribution in [3.8, 4) is 0 Å². The van der Waals surface area contributed by atoms with Gasteiger partial charge in [-0.25, -0.2) is 0 Å². The second-order valence-corrected chi connectivity index (χ2v) is 5.30. The van der Waals surface area contributed by atoms with Crippen LogP contribution in [0.15, 0.2) is 0 Å². The summed E-state index contributed by atoms with van der Waals surface area (Å²) < 4.78 is 0. The average molecular weight is 263 g/mol. The summed E-state index contributed by atoms with van der Waals surface area (Å²) in [6.45, 7) is 7.07. The van der Waals surface area contributed by atoms with Crippen LogP contribution in [0.2, 0.25) is 0 Å². The van der Waals surface area contributed by atoms with Crippen LogP contribution in [0.25, 0.3) is 0 Å². The molecule has 1 saturated carbocycles. The molecule has 0 aromatic heterocycles. The molecule has 2 N–H and O–H groups in total. The topological polar surface area (TPSA) is 46.3 Å². The molecule has 1 amide bonds. The van der Waals surface area contributed by atoms with E-state index < -0.39 is 0 Å². The third-order valence-electron chi connectivity index (χ3n) is 3.43. The van der Waals surface area contributed by atoms with Gasteiger partial charge in [0.25, 0.3) is 0 Å². The van der Waals surface area contributed by atoms with E-state index in [1.807, 2.05) is 4.90 Å². The summed E-state index contributed by atoms with van der Waals surface area (Å²) >= 11 is 0. The van der Waals surface area contributed by atoms with Gasteiger partial charge in [-0.05, 0) is 32.1 Å². The van der Waals surface area contributed by atoms with E-state index >= 15 is 0 Å². The minimum absolute atomic E-state index is 0. The predicted molar refractivity (Wildman–Crippen MR) is 74.3 cm³/mol. The van der Waals surface area contributed by atoms with Crippen molar-refractivity contribution in [1.82, 2.24) is 4.90 Å². The van der Waals surface area contributed by atoms with Crippen molar-refractivity contribution in [2.75, 3.05) is 6.54 Å². The molecule has 1 unspecified atom stereocenters. The highest BCUT2D eigenvalue weighted by atomic mass is 35.5. The fourth-order valence-corrected chi connectivity index (χ4v) is 2.63. The number of amides is 1. The van der Waals surface area contributed by atoms with Crippen molar-refractivity contribution >= 4 is 18.3 Å². The third-order valence-corrected chi connectivity index (χ3v) is 3.43. The lowest BCUT2D eigenvalue weighted by Crippen LogP contribution is -2.48. The Kier molecular flexibility index (Phi) is 7.80. The van der Waals surface area contributed by atoms with Gasteiger partial charge >= 0.3 is 0 Å². The number of nitrogens with two attached hydrogens (primary N) is 1. The lowest BCUT2D eigenvalue weighted by molar-refractivity contribution is -0.135. The maximum Gasteiger partial charge on any atom is 0.239 e. The molecule has 1 aliphatic carbocycles. The van der Waals surface area contributed by atoms with Gasteiger partial charge in [0.2, 0.25) is 5.91 Å². The second kappa shape index (κ2) is 7.93. The van der Waals surface area contributed by atoms with Gasteiger partial charge in [-0.1, -0.05) is 26.7 Å². The van der Waals surface area contributed by atoms with Gasteiger partial charge in [-0.3, -0.25) is 4.79 Å².